The summed E-state index contributed by atoms with van der Waals surface area (Å²) in [4.78, 5) is 12.2. The number of halogens is 1. The summed E-state index contributed by atoms with van der Waals surface area (Å²) < 4.78 is 5.74. The highest BCUT2D eigenvalue weighted by Crippen LogP contribution is 2.29. The van der Waals surface area contributed by atoms with Gasteiger partial charge in [0.2, 0.25) is 0 Å². The zero-order valence-electron chi connectivity index (χ0n) is 12.1. The van der Waals surface area contributed by atoms with Crippen LogP contribution in [0.25, 0.3) is 0 Å². The van der Waals surface area contributed by atoms with Gasteiger partial charge in [-0.25, -0.2) is 4.79 Å². The Bertz CT molecular complexity index is 450. The van der Waals surface area contributed by atoms with Crippen LogP contribution in [0.5, 0.6) is 0 Å². The molecule has 0 unspecified atom stereocenters. The Morgan fingerprint density at radius 3 is 2.45 bits per heavy atom. The SMILES string of the molecule is CC(C)(OC(=O)c1ccc(CCl)cc1)C1CCNCC1. The molecule has 20 heavy (non-hydrogen) atoms. The number of carbonyl (C=O) groups excluding carboxylic acids is 1. The quantitative estimate of drug-likeness (QED) is 0.684. The second-order valence-corrected chi connectivity index (χ2v) is 6.12. The third kappa shape index (κ3) is 3.74. The molecule has 1 N–H and O–H groups in total. The molecule has 1 saturated heterocycles. The Hall–Kier alpha value is -1.06. The molecule has 1 fully saturated rings. The minimum atomic E-state index is -0.426. The fraction of sp³-hybridized carbons (Fsp3) is 0.562. The summed E-state index contributed by atoms with van der Waals surface area (Å²) in [5.74, 6) is 0.611. The molecule has 0 amide bonds. The maximum atomic E-state index is 12.2. The lowest BCUT2D eigenvalue weighted by Crippen LogP contribution is -2.42. The van der Waals surface area contributed by atoms with Crippen LogP contribution < -0.4 is 5.32 Å². The number of hydrogen-bond acceptors (Lipinski definition) is 3. The summed E-state index contributed by atoms with van der Waals surface area (Å²) in [5.41, 5.74) is 1.16. The lowest BCUT2D eigenvalue weighted by molar-refractivity contribution is -0.0368. The second kappa shape index (κ2) is 6.59. The van der Waals surface area contributed by atoms with E-state index in [1.54, 1.807) is 12.1 Å². The minimum Gasteiger partial charge on any atom is -0.456 e. The number of nitrogens with one attached hydrogen (secondary N) is 1. The molecule has 0 atom stereocenters. The van der Waals surface area contributed by atoms with Gasteiger partial charge in [-0.15, -0.1) is 11.6 Å². The zero-order valence-corrected chi connectivity index (χ0v) is 12.9. The summed E-state index contributed by atoms with van der Waals surface area (Å²) in [6.45, 7) is 6.01. The van der Waals surface area contributed by atoms with E-state index in [1.165, 1.54) is 0 Å². The number of hydrogen-bond donors (Lipinski definition) is 1. The molecular formula is C16H22ClNO2. The molecular weight excluding hydrogens is 274 g/mol. The fourth-order valence-corrected chi connectivity index (χ4v) is 2.81. The number of piperidine rings is 1. The maximum Gasteiger partial charge on any atom is 0.338 e. The van der Waals surface area contributed by atoms with Crippen LogP contribution in [0.2, 0.25) is 0 Å². The summed E-state index contributed by atoms with van der Waals surface area (Å²) in [5, 5.41) is 3.33. The number of alkyl halides is 1. The summed E-state index contributed by atoms with van der Waals surface area (Å²) in [6.07, 6.45) is 2.09. The molecule has 1 aliphatic rings. The van der Waals surface area contributed by atoms with Crippen molar-refractivity contribution in [3.63, 3.8) is 0 Å². The summed E-state index contributed by atoms with van der Waals surface area (Å²) in [6, 6.07) is 7.28. The molecule has 0 aromatic heterocycles. The van der Waals surface area contributed by atoms with Crippen molar-refractivity contribution in [2.75, 3.05) is 13.1 Å². The van der Waals surface area contributed by atoms with Crippen molar-refractivity contribution in [1.82, 2.24) is 5.32 Å². The van der Waals surface area contributed by atoms with E-state index in [2.05, 4.69) is 5.32 Å². The number of ether oxygens (including phenoxy) is 1. The van der Waals surface area contributed by atoms with Gasteiger partial charge in [0.25, 0.3) is 0 Å². The molecule has 0 spiro atoms. The lowest BCUT2D eigenvalue weighted by Gasteiger charge is -2.36. The number of carbonyl (C=O) groups is 1. The summed E-state index contributed by atoms with van der Waals surface area (Å²) >= 11 is 5.74. The van der Waals surface area contributed by atoms with Crippen LogP contribution in [0.4, 0.5) is 0 Å². The van der Waals surface area contributed by atoms with Crippen molar-refractivity contribution >= 4 is 17.6 Å². The highest BCUT2D eigenvalue weighted by Gasteiger charge is 2.34. The van der Waals surface area contributed by atoms with Crippen LogP contribution in [-0.2, 0) is 10.6 Å². The highest BCUT2D eigenvalue weighted by atomic mass is 35.5. The van der Waals surface area contributed by atoms with Crippen LogP contribution >= 0.6 is 11.6 Å². The zero-order chi connectivity index (χ0) is 14.6. The van der Waals surface area contributed by atoms with Gasteiger partial charge in [-0.1, -0.05) is 12.1 Å². The Kier molecular flexibility index (Phi) is 5.06. The van der Waals surface area contributed by atoms with Crippen molar-refractivity contribution in [1.29, 1.82) is 0 Å². The molecule has 1 aliphatic heterocycles. The molecule has 1 aromatic rings. The van der Waals surface area contributed by atoms with E-state index in [9.17, 15) is 4.79 Å². The van der Waals surface area contributed by atoms with Gasteiger partial charge in [0.15, 0.2) is 0 Å². The fourth-order valence-electron chi connectivity index (χ4n) is 2.63. The van der Waals surface area contributed by atoms with E-state index in [0.717, 1.165) is 31.5 Å². The second-order valence-electron chi connectivity index (χ2n) is 5.85. The Morgan fingerprint density at radius 2 is 1.90 bits per heavy atom. The van der Waals surface area contributed by atoms with Crippen molar-refractivity contribution in [3.8, 4) is 0 Å². The molecule has 0 saturated carbocycles. The van der Waals surface area contributed by atoms with E-state index >= 15 is 0 Å². The molecule has 4 heteroatoms. The molecule has 0 aliphatic carbocycles. The molecule has 3 nitrogen and oxygen atoms in total. The largest absolute Gasteiger partial charge is 0.456 e. The van der Waals surface area contributed by atoms with E-state index in [4.69, 9.17) is 16.3 Å². The van der Waals surface area contributed by atoms with E-state index in [-0.39, 0.29) is 5.97 Å². The van der Waals surface area contributed by atoms with Gasteiger partial charge < -0.3 is 10.1 Å². The topological polar surface area (TPSA) is 38.3 Å². The van der Waals surface area contributed by atoms with Crippen LogP contribution in [0.1, 0.15) is 42.6 Å². The first kappa shape index (κ1) is 15.3. The van der Waals surface area contributed by atoms with E-state index in [1.807, 2.05) is 26.0 Å². The third-order valence-electron chi connectivity index (χ3n) is 4.02. The average Bonchev–Trinajstić information content (AvgIpc) is 2.48. The van der Waals surface area contributed by atoms with Gasteiger partial charge in [-0.05, 0) is 57.5 Å². The van der Waals surface area contributed by atoms with Gasteiger partial charge in [0.05, 0.1) is 5.56 Å². The van der Waals surface area contributed by atoms with Gasteiger partial charge in [-0.3, -0.25) is 0 Å². The van der Waals surface area contributed by atoms with Crippen molar-refractivity contribution in [3.05, 3.63) is 35.4 Å². The number of rotatable bonds is 4. The Labute approximate surface area is 125 Å². The molecule has 0 bridgehead atoms. The lowest BCUT2D eigenvalue weighted by atomic mass is 9.83. The number of benzene rings is 1. The van der Waals surface area contributed by atoms with Crippen LogP contribution in [-0.4, -0.2) is 24.7 Å². The van der Waals surface area contributed by atoms with E-state index in [0.29, 0.717) is 17.4 Å². The van der Waals surface area contributed by atoms with Crippen molar-refractivity contribution < 1.29 is 9.53 Å². The average molecular weight is 296 g/mol. The molecule has 1 aromatic carbocycles. The van der Waals surface area contributed by atoms with Crippen LogP contribution in [0.3, 0.4) is 0 Å². The monoisotopic (exact) mass is 295 g/mol. The molecule has 2 rings (SSSR count). The molecule has 0 radical (unpaired) electrons. The maximum absolute atomic E-state index is 12.2. The van der Waals surface area contributed by atoms with Gasteiger partial charge in [0.1, 0.15) is 5.60 Å². The molecule has 1 heterocycles. The highest BCUT2D eigenvalue weighted by molar-refractivity contribution is 6.17. The van der Waals surface area contributed by atoms with Gasteiger partial charge in [0, 0.05) is 11.8 Å². The third-order valence-corrected chi connectivity index (χ3v) is 4.33. The van der Waals surface area contributed by atoms with Crippen LogP contribution in [0, 0.1) is 5.92 Å². The van der Waals surface area contributed by atoms with Crippen molar-refractivity contribution in [2.24, 2.45) is 5.92 Å². The van der Waals surface area contributed by atoms with Crippen LogP contribution in [0.15, 0.2) is 24.3 Å². The van der Waals surface area contributed by atoms with Gasteiger partial charge >= 0.3 is 5.97 Å². The minimum absolute atomic E-state index is 0.255. The first-order valence-corrected chi connectivity index (χ1v) is 7.65. The first-order chi connectivity index (χ1) is 9.53. The first-order valence-electron chi connectivity index (χ1n) is 7.12. The van der Waals surface area contributed by atoms with Gasteiger partial charge in [-0.2, -0.15) is 0 Å². The predicted octanol–water partition coefficient (Wildman–Crippen LogP) is 3.36. The van der Waals surface area contributed by atoms with E-state index < -0.39 is 5.60 Å². The Balaban J connectivity index is 2.01. The normalized spacial score (nSPS) is 16.9. The Morgan fingerprint density at radius 1 is 1.30 bits per heavy atom. The predicted molar refractivity (Wildman–Crippen MR) is 81.1 cm³/mol. The molecule has 110 valence electrons. The standard InChI is InChI=1S/C16H22ClNO2/c1-16(2,14-7-9-18-10-8-14)20-15(19)13-5-3-12(11-17)4-6-13/h3-6,14,18H,7-11H2,1-2H3. The summed E-state index contributed by atoms with van der Waals surface area (Å²) in [7, 11) is 0. The smallest absolute Gasteiger partial charge is 0.338 e. The van der Waals surface area contributed by atoms with Crippen molar-refractivity contribution in [2.45, 2.75) is 38.2 Å². The number of esters is 1.